The molecule has 0 aromatic heterocycles. The number of esters is 1. The summed E-state index contributed by atoms with van der Waals surface area (Å²) >= 11 is 0. The van der Waals surface area contributed by atoms with Crippen molar-refractivity contribution < 1.29 is 23.8 Å². The SMILES string of the molecule is CCCOc1ccc(NC(=O)[C@]2(OCCC)CCC[C@@H](C)C2)cc1C(=O)OC. The van der Waals surface area contributed by atoms with Gasteiger partial charge in [0.25, 0.3) is 5.91 Å². The van der Waals surface area contributed by atoms with Crippen LogP contribution >= 0.6 is 0 Å². The molecule has 0 bridgehead atoms. The molecule has 6 nitrogen and oxygen atoms in total. The summed E-state index contributed by atoms with van der Waals surface area (Å²) in [5.41, 5.74) is 0.0254. The van der Waals surface area contributed by atoms with Gasteiger partial charge in [-0.25, -0.2) is 4.79 Å². The Morgan fingerprint density at radius 1 is 1.21 bits per heavy atom. The van der Waals surface area contributed by atoms with Gasteiger partial charge in [-0.2, -0.15) is 0 Å². The topological polar surface area (TPSA) is 73.9 Å². The fourth-order valence-corrected chi connectivity index (χ4v) is 3.66. The summed E-state index contributed by atoms with van der Waals surface area (Å²) in [7, 11) is 1.33. The monoisotopic (exact) mass is 391 g/mol. The van der Waals surface area contributed by atoms with E-state index in [1.165, 1.54) is 7.11 Å². The highest BCUT2D eigenvalue weighted by Gasteiger charge is 2.42. The number of hydrogen-bond acceptors (Lipinski definition) is 5. The average molecular weight is 392 g/mol. The van der Waals surface area contributed by atoms with Crippen LogP contribution in [0.1, 0.15) is 69.7 Å². The van der Waals surface area contributed by atoms with E-state index in [2.05, 4.69) is 12.2 Å². The van der Waals surface area contributed by atoms with Crippen molar-refractivity contribution in [3.63, 3.8) is 0 Å². The average Bonchev–Trinajstić information content (AvgIpc) is 2.70. The van der Waals surface area contributed by atoms with Crippen molar-refractivity contribution >= 4 is 17.6 Å². The Bertz CT molecular complexity index is 675. The highest BCUT2D eigenvalue weighted by Crippen LogP contribution is 2.36. The third kappa shape index (κ3) is 5.47. The van der Waals surface area contributed by atoms with Crippen LogP contribution in [0.25, 0.3) is 0 Å². The molecule has 0 unspecified atom stereocenters. The number of anilines is 1. The van der Waals surface area contributed by atoms with Crippen LogP contribution in [0, 0.1) is 5.92 Å². The number of rotatable bonds is 9. The molecule has 28 heavy (non-hydrogen) atoms. The normalized spacial score (nSPS) is 21.8. The van der Waals surface area contributed by atoms with Crippen LogP contribution in [0.15, 0.2) is 18.2 Å². The lowest BCUT2D eigenvalue weighted by atomic mass is 9.78. The fraction of sp³-hybridized carbons (Fsp3) is 0.636. The van der Waals surface area contributed by atoms with E-state index in [0.29, 0.717) is 49.0 Å². The lowest BCUT2D eigenvalue weighted by Gasteiger charge is -2.38. The van der Waals surface area contributed by atoms with Crippen molar-refractivity contribution in [1.82, 2.24) is 0 Å². The summed E-state index contributed by atoms with van der Waals surface area (Å²) in [6.45, 7) is 7.24. The van der Waals surface area contributed by atoms with Crippen molar-refractivity contribution in [3.05, 3.63) is 23.8 Å². The molecular weight excluding hydrogens is 358 g/mol. The number of amides is 1. The predicted molar refractivity (Wildman–Crippen MR) is 109 cm³/mol. The quantitative estimate of drug-likeness (QED) is 0.624. The maximum atomic E-state index is 13.2. The van der Waals surface area contributed by atoms with E-state index in [9.17, 15) is 9.59 Å². The van der Waals surface area contributed by atoms with Gasteiger partial charge in [0, 0.05) is 12.3 Å². The van der Waals surface area contributed by atoms with Gasteiger partial charge in [0.15, 0.2) is 0 Å². The molecular formula is C22H33NO5. The lowest BCUT2D eigenvalue weighted by molar-refractivity contribution is -0.148. The first-order chi connectivity index (χ1) is 13.5. The van der Waals surface area contributed by atoms with E-state index in [0.717, 1.165) is 25.7 Å². The van der Waals surface area contributed by atoms with Crippen LogP contribution in [0.3, 0.4) is 0 Å². The van der Waals surface area contributed by atoms with Gasteiger partial charge in [0.2, 0.25) is 0 Å². The Balaban J connectivity index is 2.24. The van der Waals surface area contributed by atoms with E-state index in [-0.39, 0.29) is 5.91 Å². The number of hydrogen-bond donors (Lipinski definition) is 1. The summed E-state index contributed by atoms with van der Waals surface area (Å²) in [6.07, 6.45) is 5.19. The second-order valence-corrected chi connectivity index (χ2v) is 7.55. The van der Waals surface area contributed by atoms with Crippen molar-refractivity contribution in [3.8, 4) is 5.75 Å². The third-order valence-electron chi connectivity index (χ3n) is 5.06. The zero-order chi connectivity index (χ0) is 20.6. The summed E-state index contributed by atoms with van der Waals surface area (Å²) in [5, 5.41) is 2.96. The smallest absolute Gasteiger partial charge is 0.341 e. The third-order valence-corrected chi connectivity index (χ3v) is 5.06. The van der Waals surface area contributed by atoms with Crippen LogP contribution in [-0.2, 0) is 14.3 Å². The van der Waals surface area contributed by atoms with Crippen LogP contribution in [0.5, 0.6) is 5.75 Å². The molecule has 1 fully saturated rings. The van der Waals surface area contributed by atoms with Crippen molar-refractivity contribution in [2.75, 3.05) is 25.6 Å². The van der Waals surface area contributed by atoms with Crippen molar-refractivity contribution in [2.45, 2.75) is 64.9 Å². The maximum Gasteiger partial charge on any atom is 0.341 e. The molecule has 2 rings (SSSR count). The minimum absolute atomic E-state index is 0.148. The maximum absolute atomic E-state index is 13.2. The van der Waals surface area contributed by atoms with Crippen LogP contribution in [-0.4, -0.2) is 37.8 Å². The van der Waals surface area contributed by atoms with Gasteiger partial charge in [-0.15, -0.1) is 0 Å². The highest BCUT2D eigenvalue weighted by atomic mass is 16.5. The van der Waals surface area contributed by atoms with Gasteiger partial charge >= 0.3 is 5.97 Å². The largest absolute Gasteiger partial charge is 0.493 e. The van der Waals surface area contributed by atoms with Gasteiger partial charge in [-0.1, -0.05) is 27.2 Å². The molecule has 0 heterocycles. The number of benzene rings is 1. The van der Waals surface area contributed by atoms with Gasteiger partial charge in [0.1, 0.15) is 16.9 Å². The lowest BCUT2D eigenvalue weighted by Crippen LogP contribution is -2.48. The van der Waals surface area contributed by atoms with Crippen LogP contribution < -0.4 is 10.1 Å². The number of nitrogens with one attached hydrogen (secondary N) is 1. The van der Waals surface area contributed by atoms with Crippen LogP contribution in [0.4, 0.5) is 5.69 Å². The van der Waals surface area contributed by atoms with E-state index in [1.807, 2.05) is 13.8 Å². The van der Waals surface area contributed by atoms with Gasteiger partial charge in [-0.05, 0) is 56.2 Å². The summed E-state index contributed by atoms with van der Waals surface area (Å²) < 4.78 is 16.6. The highest BCUT2D eigenvalue weighted by molar-refractivity contribution is 5.99. The molecule has 0 saturated heterocycles. The Morgan fingerprint density at radius 2 is 1.96 bits per heavy atom. The summed E-state index contributed by atoms with van der Waals surface area (Å²) in [4.78, 5) is 25.3. The molecule has 1 aromatic rings. The number of methoxy groups -OCH3 is 1. The number of ether oxygens (including phenoxy) is 3. The first kappa shape index (κ1) is 22.2. The first-order valence-electron chi connectivity index (χ1n) is 10.3. The zero-order valence-corrected chi connectivity index (χ0v) is 17.5. The molecule has 1 aliphatic rings. The van der Waals surface area contributed by atoms with Crippen molar-refractivity contribution in [1.29, 1.82) is 0 Å². The van der Waals surface area contributed by atoms with Gasteiger partial charge < -0.3 is 19.5 Å². The van der Waals surface area contributed by atoms with Gasteiger partial charge in [0.05, 0.1) is 13.7 Å². The van der Waals surface area contributed by atoms with E-state index < -0.39 is 11.6 Å². The van der Waals surface area contributed by atoms with E-state index >= 15 is 0 Å². The minimum atomic E-state index is -0.809. The Hall–Kier alpha value is -2.08. The second kappa shape index (κ2) is 10.5. The molecule has 1 saturated carbocycles. The molecule has 0 spiro atoms. The molecule has 6 heteroatoms. The molecule has 0 aliphatic heterocycles. The Labute approximate surface area is 167 Å². The number of carbonyl (C=O) groups excluding carboxylic acids is 2. The summed E-state index contributed by atoms with van der Waals surface area (Å²) in [6, 6.07) is 5.05. The molecule has 156 valence electrons. The second-order valence-electron chi connectivity index (χ2n) is 7.55. The van der Waals surface area contributed by atoms with Gasteiger partial charge in [-0.3, -0.25) is 4.79 Å². The standard InChI is InChI=1S/C22H33NO5/c1-5-12-27-19-10-9-17(14-18(19)20(24)26-4)23-21(25)22(28-13-6-2)11-7-8-16(3)15-22/h9-10,14,16H,5-8,11-13,15H2,1-4H3,(H,23,25)/t16-,22+/m1/s1. The zero-order valence-electron chi connectivity index (χ0n) is 17.5. The van der Waals surface area contributed by atoms with E-state index in [4.69, 9.17) is 14.2 Å². The Kier molecular flexibility index (Phi) is 8.30. The Morgan fingerprint density at radius 3 is 2.61 bits per heavy atom. The predicted octanol–water partition coefficient (Wildman–Crippen LogP) is 4.58. The van der Waals surface area contributed by atoms with Crippen LogP contribution in [0.2, 0.25) is 0 Å². The molecule has 2 atom stereocenters. The molecule has 1 N–H and O–H groups in total. The molecule has 1 aromatic carbocycles. The molecule has 1 aliphatic carbocycles. The van der Waals surface area contributed by atoms with Crippen molar-refractivity contribution in [2.24, 2.45) is 5.92 Å². The summed E-state index contributed by atoms with van der Waals surface area (Å²) in [5.74, 6) is 0.248. The fourth-order valence-electron chi connectivity index (χ4n) is 3.66. The first-order valence-corrected chi connectivity index (χ1v) is 10.3. The molecule has 1 amide bonds. The number of carbonyl (C=O) groups is 2. The van der Waals surface area contributed by atoms with E-state index in [1.54, 1.807) is 18.2 Å². The minimum Gasteiger partial charge on any atom is -0.493 e. The molecule has 0 radical (unpaired) electrons.